The fourth-order valence-corrected chi connectivity index (χ4v) is 2.89. The Bertz CT molecular complexity index is 1050. The zero-order valence-electron chi connectivity index (χ0n) is 15.3. The predicted molar refractivity (Wildman–Crippen MR) is 107 cm³/mol. The maximum atomic E-state index is 13.1. The van der Waals surface area contributed by atoms with E-state index in [1.165, 1.54) is 28.9 Å². The van der Waals surface area contributed by atoms with Gasteiger partial charge in [-0.15, -0.1) is 0 Å². The molecule has 1 aromatic heterocycles. The van der Waals surface area contributed by atoms with E-state index in [0.717, 1.165) is 5.56 Å². The fraction of sp³-hybridized carbons (Fsp3) is 0.200. The molecule has 0 aliphatic heterocycles. The highest BCUT2D eigenvalue weighted by molar-refractivity contribution is 6.03. The number of aromatic amines is 1. The zero-order chi connectivity index (χ0) is 20.1. The smallest absolute Gasteiger partial charge is 0.280 e. The Kier molecular flexibility index (Phi) is 5.81. The number of rotatable bonds is 7. The van der Waals surface area contributed by atoms with Gasteiger partial charge in [-0.25, -0.2) is 4.68 Å². The summed E-state index contributed by atoms with van der Waals surface area (Å²) in [7, 11) is 0. The van der Waals surface area contributed by atoms with Gasteiger partial charge in [-0.3, -0.25) is 25.0 Å². The van der Waals surface area contributed by atoms with E-state index in [1.54, 1.807) is 6.92 Å². The molecule has 0 bridgehead atoms. The average molecular weight is 380 g/mol. The molecule has 8 nitrogen and oxygen atoms in total. The van der Waals surface area contributed by atoms with E-state index in [4.69, 9.17) is 5.11 Å². The van der Waals surface area contributed by atoms with Gasteiger partial charge in [0.25, 0.3) is 11.2 Å². The van der Waals surface area contributed by atoms with Gasteiger partial charge in [0.2, 0.25) is 0 Å². The van der Waals surface area contributed by atoms with Gasteiger partial charge >= 0.3 is 0 Å². The van der Waals surface area contributed by atoms with E-state index in [1.807, 2.05) is 30.3 Å². The Morgan fingerprint density at radius 2 is 1.86 bits per heavy atom. The number of hydrogen-bond acceptors (Lipinski definition) is 5. The highest BCUT2D eigenvalue weighted by Gasteiger charge is 2.19. The Hall–Kier alpha value is -3.52. The molecule has 0 aliphatic carbocycles. The van der Waals surface area contributed by atoms with Gasteiger partial charge in [-0.05, 0) is 25.5 Å². The van der Waals surface area contributed by atoms with Gasteiger partial charge in [0.05, 0.1) is 21.9 Å². The number of aliphatic hydroxyl groups is 1. The van der Waals surface area contributed by atoms with Crippen LogP contribution >= 0.6 is 0 Å². The SMILES string of the molecule is CC(=NCCCO)c1c(-c2ccccc2)[nH]n(-c2ccc([N+](=O)[O-])cc2)c1=O. The molecule has 1 heterocycles. The topological polar surface area (TPSA) is 114 Å². The van der Waals surface area contributed by atoms with Crippen LogP contribution in [0.5, 0.6) is 0 Å². The van der Waals surface area contributed by atoms with Crippen molar-refractivity contribution in [2.24, 2.45) is 4.99 Å². The van der Waals surface area contributed by atoms with Crippen molar-refractivity contribution in [2.45, 2.75) is 13.3 Å². The lowest BCUT2D eigenvalue weighted by atomic mass is 10.1. The highest BCUT2D eigenvalue weighted by atomic mass is 16.6. The molecule has 3 aromatic rings. The molecule has 0 saturated carbocycles. The molecule has 144 valence electrons. The number of nitrogens with one attached hydrogen (secondary N) is 1. The molecule has 2 N–H and O–H groups in total. The molecule has 2 aromatic carbocycles. The first-order valence-corrected chi connectivity index (χ1v) is 8.80. The van der Waals surface area contributed by atoms with Crippen LogP contribution in [0.2, 0.25) is 0 Å². The van der Waals surface area contributed by atoms with E-state index in [9.17, 15) is 14.9 Å². The number of aromatic nitrogens is 2. The normalized spacial score (nSPS) is 11.6. The molecule has 0 aliphatic rings. The minimum absolute atomic E-state index is 0.0302. The third-order valence-electron chi connectivity index (χ3n) is 4.30. The van der Waals surface area contributed by atoms with Crippen LogP contribution in [0.1, 0.15) is 18.9 Å². The summed E-state index contributed by atoms with van der Waals surface area (Å²) in [4.78, 5) is 27.9. The van der Waals surface area contributed by atoms with Crippen LogP contribution in [0.3, 0.4) is 0 Å². The molecule has 0 unspecified atom stereocenters. The first-order valence-electron chi connectivity index (χ1n) is 8.80. The lowest BCUT2D eigenvalue weighted by Gasteiger charge is -2.03. The second-order valence-electron chi connectivity index (χ2n) is 6.19. The first-order chi connectivity index (χ1) is 13.5. The Labute approximate surface area is 160 Å². The number of nitro groups is 1. The molecule has 0 atom stereocenters. The largest absolute Gasteiger partial charge is 0.396 e. The Morgan fingerprint density at radius 3 is 2.46 bits per heavy atom. The number of nitro benzene ring substituents is 1. The van der Waals surface area contributed by atoms with E-state index in [-0.39, 0.29) is 17.9 Å². The monoisotopic (exact) mass is 380 g/mol. The summed E-state index contributed by atoms with van der Waals surface area (Å²) < 4.78 is 1.35. The molecule has 0 amide bonds. The quantitative estimate of drug-likeness (QED) is 0.284. The van der Waals surface area contributed by atoms with Gasteiger partial charge in [0.15, 0.2) is 0 Å². The number of hydrogen-bond donors (Lipinski definition) is 2. The van der Waals surface area contributed by atoms with Gasteiger partial charge in [0.1, 0.15) is 0 Å². The third-order valence-corrected chi connectivity index (χ3v) is 4.30. The lowest BCUT2D eigenvalue weighted by Crippen LogP contribution is -2.19. The molecule has 0 spiro atoms. The van der Waals surface area contributed by atoms with Gasteiger partial charge in [-0.1, -0.05) is 30.3 Å². The van der Waals surface area contributed by atoms with Crippen molar-refractivity contribution in [2.75, 3.05) is 13.2 Å². The summed E-state index contributed by atoms with van der Waals surface area (Å²) in [6.07, 6.45) is 0.513. The van der Waals surface area contributed by atoms with Crippen LogP contribution in [0.4, 0.5) is 5.69 Å². The minimum atomic E-state index is -0.486. The minimum Gasteiger partial charge on any atom is -0.396 e. The van der Waals surface area contributed by atoms with Crippen molar-refractivity contribution >= 4 is 11.4 Å². The van der Waals surface area contributed by atoms with Crippen molar-refractivity contribution in [3.05, 3.63) is 80.6 Å². The lowest BCUT2D eigenvalue weighted by molar-refractivity contribution is -0.384. The number of non-ortho nitro benzene ring substituents is 1. The molecule has 8 heteroatoms. The summed E-state index contributed by atoms with van der Waals surface area (Å²) >= 11 is 0. The number of nitrogens with zero attached hydrogens (tertiary/aromatic N) is 3. The second-order valence-corrected chi connectivity index (χ2v) is 6.19. The molecule has 3 rings (SSSR count). The fourth-order valence-electron chi connectivity index (χ4n) is 2.89. The van der Waals surface area contributed by atoms with E-state index in [0.29, 0.717) is 35.6 Å². The van der Waals surface area contributed by atoms with Gasteiger partial charge in [0, 0.05) is 36.6 Å². The number of benzene rings is 2. The molecule has 0 fully saturated rings. The number of H-pyrrole nitrogens is 1. The summed E-state index contributed by atoms with van der Waals surface area (Å²) in [5.74, 6) is 0. The highest BCUT2D eigenvalue weighted by Crippen LogP contribution is 2.22. The summed E-state index contributed by atoms with van der Waals surface area (Å²) in [5, 5.41) is 22.9. The van der Waals surface area contributed by atoms with Crippen LogP contribution in [0.15, 0.2) is 64.4 Å². The first kappa shape index (κ1) is 19.2. The van der Waals surface area contributed by atoms with Crippen molar-refractivity contribution in [3.63, 3.8) is 0 Å². The van der Waals surface area contributed by atoms with Crippen molar-refractivity contribution < 1.29 is 10.0 Å². The van der Waals surface area contributed by atoms with Crippen LogP contribution in [0.25, 0.3) is 16.9 Å². The summed E-state index contributed by atoms with van der Waals surface area (Å²) in [5.41, 5.74) is 2.59. The summed E-state index contributed by atoms with van der Waals surface area (Å²) in [6, 6.07) is 15.2. The Balaban J connectivity index is 2.14. The number of aliphatic imine (C=N–C) groups is 1. The van der Waals surface area contributed by atoms with Gasteiger partial charge < -0.3 is 5.11 Å². The average Bonchev–Trinajstić information content (AvgIpc) is 3.06. The molecular weight excluding hydrogens is 360 g/mol. The van der Waals surface area contributed by atoms with E-state index >= 15 is 0 Å². The maximum Gasteiger partial charge on any atom is 0.280 e. The van der Waals surface area contributed by atoms with Crippen LogP contribution < -0.4 is 5.56 Å². The van der Waals surface area contributed by atoms with Crippen molar-refractivity contribution in [1.82, 2.24) is 9.78 Å². The van der Waals surface area contributed by atoms with E-state index in [2.05, 4.69) is 10.1 Å². The number of aliphatic hydroxyl groups excluding tert-OH is 1. The standard InChI is InChI=1S/C20H20N4O4/c1-14(21-12-5-13-25)18-19(15-6-3-2-4-7-15)22-23(20(18)26)16-8-10-17(11-9-16)24(27)28/h2-4,6-11,22,25H,5,12-13H2,1H3. The molecule has 28 heavy (non-hydrogen) atoms. The van der Waals surface area contributed by atoms with Crippen molar-refractivity contribution in [1.29, 1.82) is 0 Å². The maximum absolute atomic E-state index is 13.1. The predicted octanol–water partition coefficient (Wildman–Crippen LogP) is 2.93. The summed E-state index contributed by atoms with van der Waals surface area (Å²) in [6.45, 7) is 2.20. The van der Waals surface area contributed by atoms with Crippen LogP contribution in [-0.2, 0) is 0 Å². The molecule has 0 saturated heterocycles. The van der Waals surface area contributed by atoms with Crippen molar-refractivity contribution in [3.8, 4) is 16.9 Å². The third kappa shape index (κ3) is 3.91. The van der Waals surface area contributed by atoms with E-state index < -0.39 is 4.92 Å². The Morgan fingerprint density at radius 1 is 1.18 bits per heavy atom. The van der Waals surface area contributed by atoms with Crippen LogP contribution in [-0.4, -0.2) is 38.7 Å². The molecular formula is C20H20N4O4. The molecule has 0 radical (unpaired) electrons. The van der Waals surface area contributed by atoms with Gasteiger partial charge in [-0.2, -0.15) is 0 Å². The zero-order valence-corrected chi connectivity index (χ0v) is 15.3. The van der Waals surface area contributed by atoms with Crippen LogP contribution in [0, 0.1) is 10.1 Å². The second kappa shape index (κ2) is 8.45.